The second-order valence-electron chi connectivity index (χ2n) is 5.53. The van der Waals surface area contributed by atoms with Crippen molar-refractivity contribution in [3.63, 3.8) is 0 Å². The highest BCUT2D eigenvalue weighted by atomic mass is 16.2. The normalized spacial score (nSPS) is 13.4. The molecule has 6 heteroatoms. The number of carbonyl (C=O) groups excluding carboxylic acids is 2. The van der Waals surface area contributed by atoms with Crippen molar-refractivity contribution in [3.8, 4) is 5.69 Å². The summed E-state index contributed by atoms with van der Waals surface area (Å²) in [6, 6.07) is 16.5. The first-order chi connectivity index (χ1) is 11.8. The Morgan fingerprint density at radius 1 is 0.833 bits per heavy atom. The van der Waals surface area contributed by atoms with Gasteiger partial charge in [0, 0.05) is 13.0 Å². The number of imide groups is 1. The Morgan fingerprint density at radius 2 is 1.46 bits per heavy atom. The van der Waals surface area contributed by atoms with Gasteiger partial charge >= 0.3 is 0 Å². The second-order valence-corrected chi connectivity index (χ2v) is 5.53. The van der Waals surface area contributed by atoms with E-state index in [9.17, 15) is 9.59 Å². The molecule has 0 unspecified atom stereocenters. The average molecular weight is 318 g/mol. The maximum atomic E-state index is 12.4. The lowest BCUT2D eigenvalue weighted by molar-refractivity contribution is 0.0655. The molecule has 0 bridgehead atoms. The molecule has 2 heterocycles. The minimum absolute atomic E-state index is 0.241. The number of para-hydroxylation sites is 1. The molecular formula is C18H14N4O2. The summed E-state index contributed by atoms with van der Waals surface area (Å²) >= 11 is 0. The summed E-state index contributed by atoms with van der Waals surface area (Å²) in [4.78, 5) is 26.1. The summed E-state index contributed by atoms with van der Waals surface area (Å²) in [6.07, 6.45) is 2.15. The Kier molecular flexibility index (Phi) is 3.42. The molecule has 0 fully saturated rings. The van der Waals surface area contributed by atoms with E-state index in [2.05, 4.69) is 10.3 Å². The lowest BCUT2D eigenvalue weighted by Gasteiger charge is -2.14. The van der Waals surface area contributed by atoms with Crippen molar-refractivity contribution < 1.29 is 9.59 Å². The van der Waals surface area contributed by atoms with Crippen LogP contribution in [0.2, 0.25) is 0 Å². The van der Waals surface area contributed by atoms with Gasteiger partial charge in [0.05, 0.1) is 28.7 Å². The summed E-state index contributed by atoms with van der Waals surface area (Å²) < 4.78 is 1.72. The molecule has 4 rings (SSSR count). The van der Waals surface area contributed by atoms with Gasteiger partial charge in [-0.15, -0.1) is 5.10 Å². The lowest BCUT2D eigenvalue weighted by Crippen LogP contribution is -2.32. The highest BCUT2D eigenvalue weighted by Crippen LogP contribution is 2.22. The molecule has 0 radical (unpaired) electrons. The molecule has 0 saturated carbocycles. The molecule has 2 amide bonds. The molecule has 0 spiro atoms. The molecule has 2 aromatic carbocycles. The van der Waals surface area contributed by atoms with E-state index in [1.165, 1.54) is 4.90 Å². The molecule has 118 valence electrons. The third-order valence-corrected chi connectivity index (χ3v) is 4.09. The van der Waals surface area contributed by atoms with Gasteiger partial charge in [-0.25, -0.2) is 4.68 Å². The van der Waals surface area contributed by atoms with Crippen molar-refractivity contribution in [3.05, 3.63) is 77.6 Å². The van der Waals surface area contributed by atoms with Crippen molar-refractivity contribution in [2.24, 2.45) is 0 Å². The molecule has 24 heavy (non-hydrogen) atoms. The molecule has 0 N–H and O–H groups in total. The number of fused-ring (bicyclic) bond motifs is 1. The van der Waals surface area contributed by atoms with Crippen LogP contribution in [-0.2, 0) is 6.42 Å². The average Bonchev–Trinajstić information content (AvgIpc) is 3.19. The predicted octanol–water partition coefficient (Wildman–Crippen LogP) is 2.11. The number of rotatable bonds is 4. The van der Waals surface area contributed by atoms with Gasteiger partial charge in [0.1, 0.15) is 0 Å². The fourth-order valence-corrected chi connectivity index (χ4v) is 2.88. The standard InChI is InChI=1S/C18H14N4O2/c23-17-15-8-4-5-9-16(15)18(24)21(17)11-10-14-12-19-20-22(14)13-6-2-1-3-7-13/h1-9,12H,10-11H2. The maximum absolute atomic E-state index is 12.4. The first-order valence-electron chi connectivity index (χ1n) is 7.66. The maximum Gasteiger partial charge on any atom is 0.261 e. The number of benzene rings is 2. The van der Waals surface area contributed by atoms with Crippen LogP contribution in [0, 0.1) is 0 Å². The Bertz CT molecular complexity index is 883. The van der Waals surface area contributed by atoms with E-state index in [1.54, 1.807) is 35.1 Å². The van der Waals surface area contributed by atoms with Crippen LogP contribution < -0.4 is 0 Å². The van der Waals surface area contributed by atoms with Crippen molar-refractivity contribution >= 4 is 11.8 Å². The van der Waals surface area contributed by atoms with Crippen molar-refractivity contribution in [1.29, 1.82) is 0 Å². The highest BCUT2D eigenvalue weighted by molar-refractivity contribution is 6.21. The van der Waals surface area contributed by atoms with E-state index >= 15 is 0 Å². The summed E-state index contributed by atoms with van der Waals surface area (Å²) in [5, 5.41) is 8.03. The molecule has 0 aliphatic carbocycles. The van der Waals surface area contributed by atoms with Crippen LogP contribution in [0.25, 0.3) is 5.69 Å². The SMILES string of the molecule is O=C1c2ccccc2C(=O)N1CCc1cnnn1-c1ccccc1. The number of amides is 2. The van der Waals surface area contributed by atoms with Gasteiger partial charge in [0.2, 0.25) is 0 Å². The number of nitrogens with zero attached hydrogens (tertiary/aromatic N) is 4. The van der Waals surface area contributed by atoms with Crippen molar-refractivity contribution in [1.82, 2.24) is 19.9 Å². The summed E-state index contributed by atoms with van der Waals surface area (Å²) in [5.74, 6) is -0.483. The minimum Gasteiger partial charge on any atom is -0.274 e. The quantitative estimate of drug-likeness (QED) is 0.691. The fraction of sp³-hybridized carbons (Fsp3) is 0.111. The lowest BCUT2D eigenvalue weighted by atomic mass is 10.1. The van der Waals surface area contributed by atoms with Crippen molar-refractivity contribution in [2.45, 2.75) is 6.42 Å². The van der Waals surface area contributed by atoms with Crippen LogP contribution in [0.1, 0.15) is 26.4 Å². The van der Waals surface area contributed by atoms with E-state index in [-0.39, 0.29) is 11.8 Å². The van der Waals surface area contributed by atoms with Crippen molar-refractivity contribution in [2.75, 3.05) is 6.54 Å². The van der Waals surface area contributed by atoms with Crippen LogP contribution >= 0.6 is 0 Å². The van der Waals surface area contributed by atoms with Crippen LogP contribution in [0.3, 0.4) is 0 Å². The van der Waals surface area contributed by atoms with E-state index in [1.807, 2.05) is 30.3 Å². The third-order valence-electron chi connectivity index (χ3n) is 4.09. The van der Waals surface area contributed by atoms with Gasteiger partial charge in [0.15, 0.2) is 0 Å². The van der Waals surface area contributed by atoms with E-state index in [4.69, 9.17) is 0 Å². The summed E-state index contributed by atoms with van der Waals surface area (Å²) in [7, 11) is 0. The van der Waals surface area contributed by atoms with Gasteiger partial charge in [-0.1, -0.05) is 35.5 Å². The first kappa shape index (κ1) is 14.3. The van der Waals surface area contributed by atoms with Crippen LogP contribution in [0.5, 0.6) is 0 Å². The number of carbonyl (C=O) groups is 2. The molecule has 3 aromatic rings. The predicted molar refractivity (Wildman–Crippen MR) is 86.9 cm³/mol. The van der Waals surface area contributed by atoms with Crippen LogP contribution in [-0.4, -0.2) is 38.3 Å². The second kappa shape index (κ2) is 5.73. The minimum atomic E-state index is -0.241. The van der Waals surface area contributed by atoms with Gasteiger partial charge < -0.3 is 0 Å². The fourth-order valence-electron chi connectivity index (χ4n) is 2.88. The van der Waals surface area contributed by atoms with E-state index < -0.39 is 0 Å². The Labute approximate surface area is 138 Å². The van der Waals surface area contributed by atoms with Crippen LogP contribution in [0.4, 0.5) is 0 Å². The number of aromatic nitrogens is 3. The molecule has 0 saturated heterocycles. The Hall–Kier alpha value is -3.28. The Balaban J connectivity index is 1.55. The monoisotopic (exact) mass is 318 g/mol. The molecule has 1 aliphatic rings. The summed E-state index contributed by atoms with van der Waals surface area (Å²) in [6.45, 7) is 0.298. The smallest absolute Gasteiger partial charge is 0.261 e. The molecule has 1 aromatic heterocycles. The van der Waals surface area contributed by atoms with Gasteiger partial charge in [-0.3, -0.25) is 14.5 Å². The van der Waals surface area contributed by atoms with E-state index in [0.717, 1.165) is 11.4 Å². The van der Waals surface area contributed by atoms with Gasteiger partial charge in [0.25, 0.3) is 11.8 Å². The summed E-state index contributed by atoms with van der Waals surface area (Å²) in [5.41, 5.74) is 2.68. The largest absolute Gasteiger partial charge is 0.274 e. The first-order valence-corrected chi connectivity index (χ1v) is 7.66. The highest BCUT2D eigenvalue weighted by Gasteiger charge is 2.34. The molecule has 0 atom stereocenters. The third kappa shape index (κ3) is 2.28. The molecular weight excluding hydrogens is 304 g/mol. The van der Waals surface area contributed by atoms with Gasteiger partial charge in [-0.2, -0.15) is 0 Å². The zero-order valence-corrected chi connectivity index (χ0v) is 12.8. The van der Waals surface area contributed by atoms with Crippen LogP contribution in [0.15, 0.2) is 60.8 Å². The van der Waals surface area contributed by atoms with Gasteiger partial charge in [-0.05, 0) is 24.3 Å². The Morgan fingerprint density at radius 3 is 2.12 bits per heavy atom. The number of hydrogen-bond acceptors (Lipinski definition) is 4. The zero-order chi connectivity index (χ0) is 16.5. The number of hydrogen-bond donors (Lipinski definition) is 0. The topological polar surface area (TPSA) is 68.1 Å². The zero-order valence-electron chi connectivity index (χ0n) is 12.8. The molecule has 6 nitrogen and oxygen atoms in total. The van der Waals surface area contributed by atoms with E-state index in [0.29, 0.717) is 24.1 Å². The molecule has 1 aliphatic heterocycles.